The second-order valence-electron chi connectivity index (χ2n) is 4.11. The molecule has 5 heteroatoms. The molecule has 0 saturated carbocycles. The molecule has 0 aliphatic rings. The van der Waals surface area contributed by atoms with Gasteiger partial charge in [0.2, 0.25) is 0 Å². The van der Waals surface area contributed by atoms with E-state index in [0.29, 0.717) is 5.92 Å². The van der Waals surface area contributed by atoms with Crippen molar-refractivity contribution < 1.29 is 0 Å². The fourth-order valence-corrected chi connectivity index (χ4v) is 2.86. The molecule has 0 aliphatic heterocycles. The standard InChI is InChI=1S/C12H14BrN3S/c1-8(2)12(9-4-3-5-17-9)16-11-6-10(13)14-7-15-11/h3-8,12H,1-2H3,(H,14,15,16). The second kappa shape index (κ2) is 5.60. The van der Waals surface area contributed by atoms with Gasteiger partial charge in [-0.3, -0.25) is 0 Å². The maximum Gasteiger partial charge on any atom is 0.130 e. The maximum atomic E-state index is 4.22. The van der Waals surface area contributed by atoms with Crippen LogP contribution >= 0.6 is 27.3 Å². The summed E-state index contributed by atoms with van der Waals surface area (Å²) in [4.78, 5) is 9.58. The van der Waals surface area contributed by atoms with Crippen molar-refractivity contribution in [1.82, 2.24) is 9.97 Å². The Bertz CT molecular complexity index is 470. The van der Waals surface area contributed by atoms with E-state index in [-0.39, 0.29) is 6.04 Å². The molecule has 0 radical (unpaired) electrons. The molecule has 1 unspecified atom stereocenters. The Morgan fingerprint density at radius 1 is 1.35 bits per heavy atom. The normalized spacial score (nSPS) is 12.7. The molecule has 0 amide bonds. The van der Waals surface area contributed by atoms with Crippen LogP contribution < -0.4 is 5.32 Å². The van der Waals surface area contributed by atoms with Crippen LogP contribution in [0.3, 0.4) is 0 Å². The lowest BCUT2D eigenvalue weighted by atomic mass is 10.0. The van der Waals surface area contributed by atoms with Crippen LogP contribution in [0.15, 0.2) is 34.5 Å². The molecule has 2 rings (SSSR count). The summed E-state index contributed by atoms with van der Waals surface area (Å²) in [5.41, 5.74) is 0. The monoisotopic (exact) mass is 311 g/mol. The zero-order valence-electron chi connectivity index (χ0n) is 9.72. The minimum Gasteiger partial charge on any atom is -0.362 e. The Hall–Kier alpha value is -0.940. The maximum absolute atomic E-state index is 4.22. The van der Waals surface area contributed by atoms with Crippen LogP contribution in [0.1, 0.15) is 24.8 Å². The minimum absolute atomic E-state index is 0.289. The summed E-state index contributed by atoms with van der Waals surface area (Å²) in [6.07, 6.45) is 1.55. The highest BCUT2D eigenvalue weighted by molar-refractivity contribution is 9.10. The molecule has 0 aromatic carbocycles. The van der Waals surface area contributed by atoms with Gasteiger partial charge in [0, 0.05) is 10.9 Å². The molecule has 0 saturated heterocycles. The van der Waals surface area contributed by atoms with Gasteiger partial charge in [0.25, 0.3) is 0 Å². The summed E-state index contributed by atoms with van der Waals surface area (Å²) in [6, 6.07) is 6.41. The van der Waals surface area contributed by atoms with Crippen LogP contribution in [0, 0.1) is 5.92 Å². The Morgan fingerprint density at radius 3 is 2.76 bits per heavy atom. The van der Waals surface area contributed by atoms with E-state index in [1.54, 1.807) is 17.7 Å². The number of aromatic nitrogens is 2. The molecule has 2 heterocycles. The smallest absolute Gasteiger partial charge is 0.130 e. The van der Waals surface area contributed by atoms with E-state index < -0.39 is 0 Å². The van der Waals surface area contributed by atoms with Crippen LogP contribution in [0.5, 0.6) is 0 Å². The Kier molecular flexibility index (Phi) is 4.12. The largest absolute Gasteiger partial charge is 0.362 e. The molecule has 1 N–H and O–H groups in total. The molecular formula is C12H14BrN3S. The number of halogens is 1. The number of rotatable bonds is 4. The molecule has 90 valence electrons. The lowest BCUT2D eigenvalue weighted by molar-refractivity contribution is 0.552. The van der Waals surface area contributed by atoms with Crippen molar-refractivity contribution in [2.24, 2.45) is 5.92 Å². The average molecular weight is 312 g/mol. The van der Waals surface area contributed by atoms with E-state index in [1.165, 1.54) is 4.88 Å². The van der Waals surface area contributed by atoms with E-state index in [0.717, 1.165) is 10.4 Å². The van der Waals surface area contributed by atoms with Crippen molar-refractivity contribution in [3.8, 4) is 0 Å². The summed E-state index contributed by atoms with van der Waals surface area (Å²) in [5.74, 6) is 1.35. The van der Waals surface area contributed by atoms with Crippen molar-refractivity contribution in [2.75, 3.05) is 5.32 Å². The van der Waals surface area contributed by atoms with Gasteiger partial charge < -0.3 is 5.32 Å². The fourth-order valence-electron chi connectivity index (χ4n) is 1.61. The zero-order valence-corrected chi connectivity index (χ0v) is 12.1. The van der Waals surface area contributed by atoms with Gasteiger partial charge in [0.15, 0.2) is 0 Å². The predicted molar refractivity (Wildman–Crippen MR) is 75.3 cm³/mol. The van der Waals surface area contributed by atoms with E-state index in [1.807, 2.05) is 6.07 Å². The van der Waals surface area contributed by atoms with E-state index in [4.69, 9.17) is 0 Å². The van der Waals surface area contributed by atoms with Crippen molar-refractivity contribution in [2.45, 2.75) is 19.9 Å². The topological polar surface area (TPSA) is 37.8 Å². The third-order valence-electron chi connectivity index (χ3n) is 2.45. The van der Waals surface area contributed by atoms with Gasteiger partial charge >= 0.3 is 0 Å². The third-order valence-corrected chi connectivity index (χ3v) is 3.84. The number of hydrogen-bond acceptors (Lipinski definition) is 4. The van der Waals surface area contributed by atoms with Gasteiger partial charge in [-0.15, -0.1) is 11.3 Å². The number of nitrogens with zero attached hydrogens (tertiary/aromatic N) is 2. The molecule has 0 bridgehead atoms. The lowest BCUT2D eigenvalue weighted by Gasteiger charge is -2.21. The van der Waals surface area contributed by atoms with Crippen LogP contribution in [0.4, 0.5) is 5.82 Å². The molecule has 2 aromatic heterocycles. The molecule has 2 aromatic rings. The minimum atomic E-state index is 0.289. The Balaban J connectivity index is 2.19. The van der Waals surface area contributed by atoms with Crippen LogP contribution in [0.25, 0.3) is 0 Å². The summed E-state index contributed by atoms with van der Waals surface area (Å²) >= 11 is 5.11. The number of anilines is 1. The highest BCUT2D eigenvalue weighted by Crippen LogP contribution is 2.29. The van der Waals surface area contributed by atoms with E-state index in [2.05, 4.69) is 62.6 Å². The first-order valence-electron chi connectivity index (χ1n) is 5.44. The van der Waals surface area contributed by atoms with E-state index in [9.17, 15) is 0 Å². The highest BCUT2D eigenvalue weighted by atomic mass is 79.9. The van der Waals surface area contributed by atoms with Crippen molar-refractivity contribution in [3.63, 3.8) is 0 Å². The van der Waals surface area contributed by atoms with Gasteiger partial charge in [-0.05, 0) is 33.3 Å². The molecule has 1 atom stereocenters. The van der Waals surface area contributed by atoms with Crippen molar-refractivity contribution >= 4 is 33.1 Å². The molecule has 0 aliphatic carbocycles. The first-order valence-corrected chi connectivity index (χ1v) is 7.11. The summed E-state index contributed by atoms with van der Waals surface area (Å²) in [7, 11) is 0. The van der Waals surface area contributed by atoms with Gasteiger partial charge in [-0.2, -0.15) is 0 Å². The van der Waals surface area contributed by atoms with Crippen LogP contribution in [0.2, 0.25) is 0 Å². The SMILES string of the molecule is CC(C)C(Nc1cc(Br)ncn1)c1cccs1. The van der Waals surface area contributed by atoms with Gasteiger partial charge in [0.05, 0.1) is 6.04 Å². The van der Waals surface area contributed by atoms with Crippen LogP contribution in [-0.4, -0.2) is 9.97 Å². The van der Waals surface area contributed by atoms with Gasteiger partial charge in [-0.1, -0.05) is 19.9 Å². The predicted octanol–water partition coefficient (Wildman–Crippen LogP) is 4.11. The average Bonchev–Trinajstić information content (AvgIpc) is 2.78. The molecule has 17 heavy (non-hydrogen) atoms. The highest BCUT2D eigenvalue weighted by Gasteiger charge is 2.17. The molecular weight excluding hydrogens is 298 g/mol. The van der Waals surface area contributed by atoms with E-state index >= 15 is 0 Å². The molecule has 0 fully saturated rings. The Labute approximate surface area is 113 Å². The number of thiophene rings is 1. The summed E-state index contributed by atoms with van der Waals surface area (Å²) in [5, 5.41) is 5.55. The van der Waals surface area contributed by atoms with Crippen molar-refractivity contribution in [3.05, 3.63) is 39.4 Å². The summed E-state index contributed by atoms with van der Waals surface area (Å²) in [6.45, 7) is 4.40. The quantitative estimate of drug-likeness (QED) is 0.863. The molecule has 3 nitrogen and oxygen atoms in total. The first kappa shape index (κ1) is 12.5. The second-order valence-corrected chi connectivity index (χ2v) is 5.90. The van der Waals surface area contributed by atoms with Crippen LogP contribution in [-0.2, 0) is 0 Å². The fraction of sp³-hybridized carbons (Fsp3) is 0.333. The van der Waals surface area contributed by atoms with Gasteiger partial charge in [0.1, 0.15) is 16.7 Å². The first-order chi connectivity index (χ1) is 8.16. The van der Waals surface area contributed by atoms with Crippen molar-refractivity contribution in [1.29, 1.82) is 0 Å². The number of hydrogen-bond donors (Lipinski definition) is 1. The Morgan fingerprint density at radius 2 is 2.18 bits per heavy atom. The number of nitrogens with one attached hydrogen (secondary N) is 1. The third kappa shape index (κ3) is 3.26. The lowest BCUT2D eigenvalue weighted by Crippen LogP contribution is -2.16. The molecule has 0 spiro atoms. The summed E-state index contributed by atoms with van der Waals surface area (Å²) < 4.78 is 0.795. The zero-order chi connectivity index (χ0) is 12.3. The van der Waals surface area contributed by atoms with Gasteiger partial charge in [-0.25, -0.2) is 9.97 Å².